The maximum absolute atomic E-state index is 5.70. The second-order valence-corrected chi connectivity index (χ2v) is 4.78. The Labute approximate surface area is 81.5 Å². The van der Waals surface area contributed by atoms with Crippen LogP contribution in [0.2, 0.25) is 0 Å². The average molecular weight is 185 g/mol. The third kappa shape index (κ3) is 2.68. The second kappa shape index (κ2) is 3.60. The van der Waals surface area contributed by atoms with Crippen molar-refractivity contribution in [3.8, 4) is 0 Å². The van der Waals surface area contributed by atoms with Crippen molar-refractivity contribution in [2.45, 2.75) is 37.7 Å². The molecule has 2 nitrogen and oxygen atoms in total. The summed E-state index contributed by atoms with van der Waals surface area (Å²) >= 11 is 4.27. The van der Waals surface area contributed by atoms with Gasteiger partial charge in [0.2, 0.25) is 0 Å². The van der Waals surface area contributed by atoms with Crippen LogP contribution in [0.4, 0.5) is 0 Å². The van der Waals surface area contributed by atoms with E-state index in [1.54, 1.807) is 0 Å². The maximum atomic E-state index is 5.70. The highest BCUT2D eigenvalue weighted by Crippen LogP contribution is 2.20. The van der Waals surface area contributed by atoms with Crippen molar-refractivity contribution in [1.29, 1.82) is 0 Å². The van der Waals surface area contributed by atoms with Crippen LogP contribution in [0.3, 0.4) is 0 Å². The van der Waals surface area contributed by atoms with Gasteiger partial charge in [-0.2, -0.15) is 0 Å². The Morgan fingerprint density at radius 2 is 2.00 bits per heavy atom. The molecule has 0 bridgehead atoms. The lowest BCUT2D eigenvalue weighted by Gasteiger charge is -2.43. The zero-order chi connectivity index (χ0) is 9.35. The lowest BCUT2D eigenvalue weighted by Crippen LogP contribution is -2.53. The van der Waals surface area contributed by atoms with Gasteiger partial charge >= 0.3 is 0 Å². The van der Waals surface area contributed by atoms with E-state index in [9.17, 15) is 0 Å². The molecule has 0 N–H and O–H groups in total. The van der Waals surface area contributed by atoms with E-state index < -0.39 is 0 Å². The Hall–Kier alpha value is 0.335. The van der Waals surface area contributed by atoms with E-state index in [0.717, 1.165) is 13.1 Å². The van der Waals surface area contributed by atoms with Crippen molar-refractivity contribution < 1.29 is 4.74 Å². The molecule has 0 aliphatic carbocycles. The topological polar surface area (TPSA) is 12.5 Å². The molecule has 2 radical (unpaired) electrons. The predicted octanol–water partition coefficient (Wildman–Crippen LogP) is 0.868. The zero-order valence-corrected chi connectivity index (χ0v) is 8.84. The summed E-state index contributed by atoms with van der Waals surface area (Å²) in [5.74, 6) is 0. The lowest BCUT2D eigenvalue weighted by atomic mass is 9.95. The smallest absolute Gasteiger partial charge is 0.112 e. The first-order chi connectivity index (χ1) is 5.39. The molecule has 0 amide bonds. The summed E-state index contributed by atoms with van der Waals surface area (Å²) in [4.78, 5) is 2.29. The van der Waals surface area contributed by atoms with Crippen LogP contribution in [0.1, 0.15) is 20.8 Å². The molecule has 1 heterocycles. The van der Waals surface area contributed by atoms with E-state index >= 15 is 0 Å². The summed E-state index contributed by atoms with van der Waals surface area (Å²) in [5, 5.41) is 0. The Morgan fingerprint density at radius 1 is 1.42 bits per heavy atom. The van der Waals surface area contributed by atoms with Crippen LogP contribution >= 0.6 is 12.6 Å². The van der Waals surface area contributed by atoms with Gasteiger partial charge < -0.3 is 4.74 Å². The number of hydrogen-bond donors (Lipinski definition) is 1. The molecule has 0 aromatic rings. The van der Waals surface area contributed by atoms with Crippen LogP contribution in [0, 0.1) is 0 Å². The summed E-state index contributed by atoms with van der Waals surface area (Å²) in [6, 6.07) is -0.194. The van der Waals surface area contributed by atoms with Gasteiger partial charge in [-0.15, -0.1) is 12.6 Å². The molecule has 1 aliphatic heterocycles. The van der Waals surface area contributed by atoms with E-state index in [1.807, 2.05) is 0 Å². The third-order valence-electron chi connectivity index (χ3n) is 2.06. The first kappa shape index (κ1) is 10.4. The fraction of sp³-hybridized carbons (Fsp3) is 1.00. The summed E-state index contributed by atoms with van der Waals surface area (Å²) in [7, 11) is 5.70. The molecule has 68 valence electrons. The Morgan fingerprint density at radius 3 is 2.42 bits per heavy atom. The average Bonchev–Trinajstić information content (AvgIpc) is 1.82. The van der Waals surface area contributed by atoms with Crippen molar-refractivity contribution in [3.05, 3.63) is 0 Å². The molecular weight excluding hydrogens is 169 g/mol. The van der Waals surface area contributed by atoms with Gasteiger partial charge in [-0.3, -0.25) is 4.90 Å². The van der Waals surface area contributed by atoms with Gasteiger partial charge in [-0.25, -0.2) is 0 Å². The predicted molar refractivity (Wildman–Crippen MR) is 54.7 cm³/mol. The summed E-state index contributed by atoms with van der Waals surface area (Å²) < 4.78 is 5.31. The minimum absolute atomic E-state index is 0.0482. The molecule has 12 heavy (non-hydrogen) atoms. The van der Waals surface area contributed by atoms with E-state index in [1.165, 1.54) is 0 Å². The summed E-state index contributed by atoms with van der Waals surface area (Å²) in [6.45, 7) is 8.16. The fourth-order valence-electron chi connectivity index (χ4n) is 1.32. The molecule has 1 saturated heterocycles. The SMILES string of the molecule is [B]C1CN(C(C)(C)C)CC(S)O1. The van der Waals surface area contributed by atoms with Crippen LogP contribution in [0.5, 0.6) is 0 Å². The molecule has 0 aromatic carbocycles. The van der Waals surface area contributed by atoms with Crippen molar-refractivity contribution in [1.82, 2.24) is 4.90 Å². The second-order valence-electron chi connectivity index (χ2n) is 4.20. The Balaban J connectivity index is 2.55. The Bertz CT molecular complexity index is 150. The van der Waals surface area contributed by atoms with E-state index in [2.05, 4.69) is 38.3 Å². The number of hydrogen-bond acceptors (Lipinski definition) is 3. The quantitative estimate of drug-likeness (QED) is 0.444. The number of rotatable bonds is 0. The molecular formula is C8H16BNOS. The van der Waals surface area contributed by atoms with E-state index in [-0.39, 0.29) is 17.0 Å². The van der Waals surface area contributed by atoms with Crippen LogP contribution < -0.4 is 0 Å². The van der Waals surface area contributed by atoms with Gasteiger partial charge in [0.25, 0.3) is 0 Å². The van der Waals surface area contributed by atoms with Crippen LogP contribution in [0.25, 0.3) is 0 Å². The minimum Gasteiger partial charge on any atom is -0.372 e. The van der Waals surface area contributed by atoms with Crippen molar-refractivity contribution in [2.24, 2.45) is 0 Å². The van der Waals surface area contributed by atoms with Gasteiger partial charge in [-0.05, 0) is 20.8 Å². The third-order valence-corrected chi connectivity index (χ3v) is 2.34. The van der Waals surface area contributed by atoms with Crippen molar-refractivity contribution >= 4 is 20.5 Å². The fourth-order valence-corrected chi connectivity index (χ4v) is 1.67. The molecule has 0 aromatic heterocycles. The number of thiol groups is 1. The highest BCUT2D eigenvalue weighted by molar-refractivity contribution is 7.80. The van der Waals surface area contributed by atoms with E-state index in [4.69, 9.17) is 12.6 Å². The molecule has 4 heteroatoms. The molecule has 1 rings (SSSR count). The van der Waals surface area contributed by atoms with Gasteiger partial charge in [0.05, 0.1) is 0 Å². The van der Waals surface area contributed by atoms with Crippen LogP contribution in [-0.2, 0) is 4.74 Å². The maximum Gasteiger partial charge on any atom is 0.112 e. The monoisotopic (exact) mass is 185 g/mol. The first-order valence-electron chi connectivity index (χ1n) is 4.24. The first-order valence-corrected chi connectivity index (χ1v) is 4.75. The molecule has 2 atom stereocenters. The molecule has 0 spiro atoms. The number of nitrogens with zero attached hydrogens (tertiary/aromatic N) is 1. The zero-order valence-electron chi connectivity index (χ0n) is 7.95. The number of ether oxygens (including phenoxy) is 1. The largest absolute Gasteiger partial charge is 0.372 e. The van der Waals surface area contributed by atoms with Gasteiger partial charge in [0.15, 0.2) is 0 Å². The standard InChI is InChI=1S/C8H16BNOS/c1-8(2,3)10-4-6(9)11-7(12)5-10/h6-7,12H,4-5H2,1-3H3. The molecule has 1 fully saturated rings. The summed E-state index contributed by atoms with van der Waals surface area (Å²) in [5.41, 5.74) is 0.107. The van der Waals surface area contributed by atoms with Crippen molar-refractivity contribution in [3.63, 3.8) is 0 Å². The molecule has 1 aliphatic rings. The minimum atomic E-state index is -0.194. The lowest BCUT2D eigenvalue weighted by molar-refractivity contribution is -0.0382. The Kier molecular flexibility index (Phi) is 3.13. The highest BCUT2D eigenvalue weighted by Gasteiger charge is 2.29. The van der Waals surface area contributed by atoms with Crippen LogP contribution in [0.15, 0.2) is 0 Å². The van der Waals surface area contributed by atoms with Gasteiger partial charge in [-0.1, -0.05) is 0 Å². The van der Waals surface area contributed by atoms with Gasteiger partial charge in [0.1, 0.15) is 13.3 Å². The van der Waals surface area contributed by atoms with E-state index in [0.29, 0.717) is 0 Å². The molecule has 0 saturated carbocycles. The van der Waals surface area contributed by atoms with Crippen LogP contribution in [-0.4, -0.2) is 42.8 Å². The number of morpholine rings is 1. The van der Waals surface area contributed by atoms with Gasteiger partial charge in [0, 0.05) is 24.6 Å². The normalized spacial score (nSPS) is 33.7. The van der Waals surface area contributed by atoms with Crippen molar-refractivity contribution in [2.75, 3.05) is 13.1 Å². The highest BCUT2D eigenvalue weighted by atomic mass is 32.1. The summed E-state index contributed by atoms with van der Waals surface area (Å²) in [6.07, 6.45) is 0. The molecule has 2 unspecified atom stereocenters.